The molecule has 0 fully saturated rings. The molecule has 1 unspecified atom stereocenters. The molecular weight excluding hydrogens is 362 g/mol. The summed E-state index contributed by atoms with van der Waals surface area (Å²) < 4.78 is 33.2. The predicted octanol–water partition coefficient (Wildman–Crippen LogP) is 1.77. The number of halogens is 1. The second kappa shape index (κ2) is 5.94. The molecule has 0 bridgehead atoms. The van der Waals surface area contributed by atoms with Crippen molar-refractivity contribution in [2.75, 3.05) is 6.61 Å². The quantitative estimate of drug-likeness (QED) is 0.815. The highest BCUT2D eigenvalue weighted by molar-refractivity contribution is 9.10. The van der Waals surface area contributed by atoms with Crippen molar-refractivity contribution in [2.24, 2.45) is 5.92 Å². The smallest absolute Gasteiger partial charge is 0.322 e. The molecule has 2 N–H and O–H groups in total. The first-order valence-corrected chi connectivity index (χ1v) is 8.70. The molecule has 1 aliphatic heterocycles. The Morgan fingerprint density at radius 2 is 2.10 bits per heavy atom. The van der Waals surface area contributed by atoms with Crippen molar-refractivity contribution in [2.45, 2.75) is 31.2 Å². The maximum absolute atomic E-state index is 12.5. The Balaban J connectivity index is 2.43. The van der Waals surface area contributed by atoms with Crippen LogP contribution in [0.5, 0.6) is 5.75 Å². The minimum Gasteiger partial charge on any atom is -0.492 e. The van der Waals surface area contributed by atoms with Gasteiger partial charge in [-0.15, -0.1) is 0 Å². The number of fused-ring (bicyclic) bond motifs is 1. The highest BCUT2D eigenvalue weighted by atomic mass is 79.9. The van der Waals surface area contributed by atoms with Crippen LogP contribution in [0.15, 0.2) is 21.5 Å². The van der Waals surface area contributed by atoms with E-state index in [1.165, 1.54) is 6.07 Å². The van der Waals surface area contributed by atoms with Gasteiger partial charge >= 0.3 is 5.97 Å². The summed E-state index contributed by atoms with van der Waals surface area (Å²) in [5, 5.41) is 9.13. The SMILES string of the molecule is CC(C)C(NS(=O)(=O)c1cc(Br)cc2c1OCC2)C(=O)O. The van der Waals surface area contributed by atoms with E-state index in [0.717, 1.165) is 5.56 Å². The van der Waals surface area contributed by atoms with Crippen molar-refractivity contribution < 1.29 is 23.1 Å². The van der Waals surface area contributed by atoms with Crippen LogP contribution in [0.2, 0.25) is 0 Å². The van der Waals surface area contributed by atoms with Crippen molar-refractivity contribution >= 4 is 31.9 Å². The molecule has 0 radical (unpaired) electrons. The van der Waals surface area contributed by atoms with Crippen LogP contribution in [-0.4, -0.2) is 32.1 Å². The molecule has 1 heterocycles. The molecule has 1 atom stereocenters. The predicted molar refractivity (Wildman–Crippen MR) is 79.9 cm³/mol. The van der Waals surface area contributed by atoms with Gasteiger partial charge in [-0.05, 0) is 18.1 Å². The third-order valence-corrected chi connectivity index (χ3v) is 5.12. The van der Waals surface area contributed by atoms with E-state index < -0.39 is 22.0 Å². The summed E-state index contributed by atoms with van der Waals surface area (Å²) >= 11 is 3.27. The highest BCUT2D eigenvalue weighted by Gasteiger charge is 2.32. The molecule has 2 rings (SSSR count). The van der Waals surface area contributed by atoms with Gasteiger partial charge in [-0.25, -0.2) is 8.42 Å². The molecule has 0 saturated carbocycles. The zero-order chi connectivity index (χ0) is 15.8. The zero-order valence-electron chi connectivity index (χ0n) is 11.6. The molecule has 0 aliphatic carbocycles. The first-order chi connectivity index (χ1) is 9.72. The van der Waals surface area contributed by atoms with E-state index in [-0.39, 0.29) is 10.8 Å². The second-order valence-corrected chi connectivity index (χ2v) is 7.77. The largest absolute Gasteiger partial charge is 0.492 e. The number of carboxylic acid groups (broad SMARTS) is 1. The van der Waals surface area contributed by atoms with Crippen molar-refractivity contribution in [1.82, 2.24) is 4.72 Å². The summed E-state index contributed by atoms with van der Waals surface area (Å²) in [5.41, 5.74) is 0.793. The molecule has 0 amide bonds. The second-order valence-electron chi connectivity index (χ2n) is 5.17. The summed E-state index contributed by atoms with van der Waals surface area (Å²) in [6.45, 7) is 3.70. The van der Waals surface area contributed by atoms with Gasteiger partial charge in [0.25, 0.3) is 0 Å². The number of rotatable bonds is 5. The number of sulfonamides is 1. The Kier molecular flexibility index (Phi) is 4.60. The number of carboxylic acids is 1. The standard InChI is InChI=1S/C13H16BrNO5S/c1-7(2)11(13(16)17)15-21(18,19)10-6-9(14)5-8-3-4-20-12(8)10/h5-7,11,15H,3-4H2,1-2H3,(H,16,17). The van der Waals surface area contributed by atoms with Crippen molar-refractivity contribution in [3.63, 3.8) is 0 Å². The first kappa shape index (κ1) is 16.3. The maximum Gasteiger partial charge on any atom is 0.322 e. The lowest BCUT2D eigenvalue weighted by molar-refractivity contribution is -0.140. The molecule has 0 aromatic heterocycles. The molecule has 21 heavy (non-hydrogen) atoms. The van der Waals surface area contributed by atoms with Gasteiger partial charge < -0.3 is 9.84 Å². The van der Waals surface area contributed by atoms with Gasteiger partial charge in [0, 0.05) is 16.5 Å². The minimum atomic E-state index is -3.98. The zero-order valence-corrected chi connectivity index (χ0v) is 14.0. The maximum atomic E-state index is 12.5. The summed E-state index contributed by atoms with van der Waals surface area (Å²) in [7, 11) is -3.98. The Hall–Kier alpha value is -1.12. The molecule has 0 saturated heterocycles. The number of benzene rings is 1. The highest BCUT2D eigenvalue weighted by Crippen LogP contribution is 2.35. The van der Waals surface area contributed by atoms with Crippen LogP contribution >= 0.6 is 15.9 Å². The van der Waals surface area contributed by atoms with E-state index in [9.17, 15) is 13.2 Å². The van der Waals surface area contributed by atoms with E-state index in [2.05, 4.69) is 20.7 Å². The van der Waals surface area contributed by atoms with Crippen LogP contribution < -0.4 is 9.46 Å². The van der Waals surface area contributed by atoms with Crippen LogP contribution in [-0.2, 0) is 21.2 Å². The molecule has 1 aromatic rings. The number of aliphatic carboxylic acids is 1. The van der Waals surface area contributed by atoms with Gasteiger partial charge in [0.2, 0.25) is 10.0 Å². The van der Waals surface area contributed by atoms with E-state index in [4.69, 9.17) is 9.84 Å². The third-order valence-electron chi connectivity index (χ3n) is 3.22. The number of ether oxygens (including phenoxy) is 1. The van der Waals surface area contributed by atoms with Crippen LogP contribution in [0.1, 0.15) is 19.4 Å². The van der Waals surface area contributed by atoms with Crippen LogP contribution in [0.3, 0.4) is 0 Å². The van der Waals surface area contributed by atoms with Gasteiger partial charge in [0.1, 0.15) is 16.7 Å². The van der Waals surface area contributed by atoms with Gasteiger partial charge in [0.05, 0.1) is 6.61 Å². The summed E-state index contributed by atoms with van der Waals surface area (Å²) in [4.78, 5) is 11.2. The van der Waals surface area contributed by atoms with Gasteiger partial charge in [-0.2, -0.15) is 4.72 Å². The Labute approximate surface area is 131 Å². The minimum absolute atomic E-state index is 0.0312. The fourth-order valence-corrected chi connectivity index (χ4v) is 4.34. The van der Waals surface area contributed by atoms with Gasteiger partial charge in [-0.1, -0.05) is 29.8 Å². The molecule has 8 heteroatoms. The fourth-order valence-electron chi connectivity index (χ4n) is 2.14. The van der Waals surface area contributed by atoms with Crippen molar-refractivity contribution in [3.8, 4) is 5.75 Å². The average Bonchev–Trinajstić information content (AvgIpc) is 2.82. The van der Waals surface area contributed by atoms with Crippen molar-refractivity contribution in [1.29, 1.82) is 0 Å². The van der Waals surface area contributed by atoms with Crippen molar-refractivity contribution in [3.05, 3.63) is 22.2 Å². The number of carbonyl (C=O) groups is 1. The van der Waals surface area contributed by atoms with Crippen LogP contribution in [0, 0.1) is 5.92 Å². The van der Waals surface area contributed by atoms with E-state index in [0.29, 0.717) is 23.2 Å². The third kappa shape index (κ3) is 3.38. The monoisotopic (exact) mass is 377 g/mol. The summed E-state index contributed by atoms with van der Waals surface area (Å²) in [6.07, 6.45) is 0.629. The first-order valence-electron chi connectivity index (χ1n) is 6.42. The van der Waals surface area contributed by atoms with Crippen LogP contribution in [0.4, 0.5) is 0 Å². The molecule has 1 aromatic carbocycles. The number of hydrogen-bond donors (Lipinski definition) is 2. The van der Waals surface area contributed by atoms with Gasteiger partial charge in [-0.3, -0.25) is 4.79 Å². The van der Waals surface area contributed by atoms with E-state index >= 15 is 0 Å². The van der Waals surface area contributed by atoms with E-state index in [1.807, 2.05) is 0 Å². The average molecular weight is 378 g/mol. The lowest BCUT2D eigenvalue weighted by Crippen LogP contribution is -2.44. The molecule has 1 aliphatic rings. The molecular formula is C13H16BrNO5S. The van der Waals surface area contributed by atoms with Gasteiger partial charge in [0.15, 0.2) is 0 Å². The summed E-state index contributed by atoms with van der Waals surface area (Å²) in [5.74, 6) is -1.28. The Bertz CT molecular complexity index is 671. The normalized spacial score (nSPS) is 15.6. The molecule has 6 nitrogen and oxygen atoms in total. The lowest BCUT2D eigenvalue weighted by Gasteiger charge is -2.19. The fraction of sp³-hybridized carbons (Fsp3) is 0.462. The van der Waals surface area contributed by atoms with E-state index in [1.54, 1.807) is 19.9 Å². The van der Waals surface area contributed by atoms with Crippen LogP contribution in [0.25, 0.3) is 0 Å². The number of hydrogen-bond acceptors (Lipinski definition) is 4. The topological polar surface area (TPSA) is 92.7 Å². The lowest BCUT2D eigenvalue weighted by atomic mass is 10.1. The Morgan fingerprint density at radius 3 is 2.67 bits per heavy atom. The summed E-state index contributed by atoms with van der Waals surface area (Å²) in [6, 6.07) is 2.04. The number of nitrogens with one attached hydrogen (secondary N) is 1. The molecule has 0 spiro atoms. The molecule has 116 valence electrons. The Morgan fingerprint density at radius 1 is 1.43 bits per heavy atom.